The molecule has 1 atom stereocenters. The maximum absolute atomic E-state index is 13.4. The monoisotopic (exact) mass is 422 g/mol. The summed E-state index contributed by atoms with van der Waals surface area (Å²) in [5.74, 6) is 0.0495. The first-order valence-corrected chi connectivity index (χ1v) is 10.3. The van der Waals surface area contributed by atoms with Crippen LogP contribution < -0.4 is 5.32 Å². The van der Waals surface area contributed by atoms with E-state index in [1.165, 1.54) is 11.3 Å². The molecule has 0 spiro atoms. The van der Waals surface area contributed by atoms with Crippen LogP contribution in [-0.4, -0.2) is 23.4 Å². The lowest BCUT2D eigenvalue weighted by Gasteiger charge is -2.30. The zero-order chi connectivity index (χ0) is 18.6. The Balaban J connectivity index is 1.73. The second-order valence-electron chi connectivity index (χ2n) is 7.03. The van der Waals surface area contributed by atoms with Crippen molar-refractivity contribution in [3.05, 3.63) is 93.8 Å². The van der Waals surface area contributed by atoms with Crippen LogP contribution in [0.15, 0.2) is 88.2 Å². The van der Waals surface area contributed by atoms with E-state index >= 15 is 0 Å². The quantitative estimate of drug-likeness (QED) is 0.669. The average molecular weight is 423 g/mol. The smallest absolute Gasteiger partial charge is 0.258 e. The number of carbonyl (C=O) groups is 1. The fourth-order valence-electron chi connectivity index (χ4n) is 3.76. The zero-order valence-corrected chi connectivity index (χ0v) is 16.8. The third kappa shape index (κ3) is 4.01. The maximum atomic E-state index is 13.4. The van der Waals surface area contributed by atoms with Gasteiger partial charge in [-0.05, 0) is 61.6 Å². The van der Waals surface area contributed by atoms with E-state index in [0.717, 1.165) is 35.9 Å². The van der Waals surface area contributed by atoms with E-state index in [4.69, 9.17) is 0 Å². The number of rotatable bonds is 1. The molecule has 4 heteroatoms. The fourth-order valence-corrected chi connectivity index (χ4v) is 4.02. The van der Waals surface area contributed by atoms with E-state index in [9.17, 15) is 4.79 Å². The number of carbonyl (C=O) groups excluding carboxylic acids is 1. The molecular formula is C23H23BrN2O. The van der Waals surface area contributed by atoms with Crippen LogP contribution in [-0.2, 0) is 0 Å². The molecular weight excluding hydrogens is 400 g/mol. The van der Waals surface area contributed by atoms with Crippen molar-refractivity contribution >= 4 is 21.8 Å². The highest BCUT2D eigenvalue weighted by molar-refractivity contribution is 9.10. The van der Waals surface area contributed by atoms with Gasteiger partial charge in [0.05, 0.1) is 12.6 Å². The molecule has 0 fully saturated rings. The second-order valence-corrected chi connectivity index (χ2v) is 7.95. The minimum Gasteiger partial charge on any atom is -0.379 e. The van der Waals surface area contributed by atoms with Crippen LogP contribution in [0.5, 0.6) is 0 Å². The Morgan fingerprint density at radius 2 is 1.96 bits per heavy atom. The highest BCUT2D eigenvalue weighted by Crippen LogP contribution is 2.29. The Hall–Kier alpha value is -2.33. The van der Waals surface area contributed by atoms with E-state index in [1.54, 1.807) is 0 Å². The van der Waals surface area contributed by atoms with E-state index < -0.39 is 0 Å². The standard InChI is InChI=1S/C23H23BrN2O/c24-19-14-12-17(13-15-19)23(27)26-16-18-8-4-2-1-3-5-9-20(18)25-21-10-6-7-11-22(21)26/h1-2,4,6-8,11-15,21,25H,3,5,9-10,16H2/b2-1-,8-4-. The molecule has 1 N–H and O–H groups in total. The van der Waals surface area contributed by atoms with Crippen molar-refractivity contribution in [3.63, 3.8) is 0 Å². The lowest BCUT2D eigenvalue weighted by molar-refractivity contribution is 0.0810. The molecule has 0 saturated carbocycles. The largest absolute Gasteiger partial charge is 0.379 e. The molecule has 1 aliphatic heterocycles. The van der Waals surface area contributed by atoms with Crippen molar-refractivity contribution in [1.29, 1.82) is 0 Å². The van der Waals surface area contributed by atoms with Crippen LogP contribution in [0.2, 0.25) is 0 Å². The predicted octanol–water partition coefficient (Wildman–Crippen LogP) is 5.26. The van der Waals surface area contributed by atoms with Crippen molar-refractivity contribution in [1.82, 2.24) is 10.2 Å². The first-order valence-electron chi connectivity index (χ1n) is 9.48. The van der Waals surface area contributed by atoms with Crippen LogP contribution in [0.25, 0.3) is 0 Å². The number of halogens is 1. The maximum Gasteiger partial charge on any atom is 0.258 e. The Morgan fingerprint density at radius 3 is 2.81 bits per heavy atom. The van der Waals surface area contributed by atoms with Gasteiger partial charge >= 0.3 is 0 Å². The highest BCUT2D eigenvalue weighted by atomic mass is 79.9. The lowest BCUT2D eigenvalue weighted by Crippen LogP contribution is -2.39. The van der Waals surface area contributed by atoms with Gasteiger partial charge in [-0.3, -0.25) is 4.79 Å². The Bertz CT molecular complexity index is 874. The SMILES string of the molecule is O=C(c1ccc(Br)cc1)N1CC2=C(CCC/C=C\C=C/2)NC2CC=CC=C21. The summed E-state index contributed by atoms with van der Waals surface area (Å²) in [5, 5.41) is 3.74. The van der Waals surface area contributed by atoms with E-state index in [1.807, 2.05) is 29.2 Å². The molecule has 0 aromatic heterocycles. The van der Waals surface area contributed by atoms with Crippen LogP contribution >= 0.6 is 15.9 Å². The molecule has 1 heterocycles. The number of hydrogen-bond acceptors (Lipinski definition) is 2. The van der Waals surface area contributed by atoms with E-state index in [0.29, 0.717) is 12.1 Å². The van der Waals surface area contributed by atoms with Crippen molar-refractivity contribution in [2.24, 2.45) is 0 Å². The van der Waals surface area contributed by atoms with Crippen molar-refractivity contribution in [2.45, 2.75) is 31.7 Å². The van der Waals surface area contributed by atoms with Gasteiger partial charge < -0.3 is 10.2 Å². The summed E-state index contributed by atoms with van der Waals surface area (Å²) in [6.07, 6.45) is 19.0. The molecule has 0 radical (unpaired) electrons. The topological polar surface area (TPSA) is 32.3 Å². The lowest BCUT2D eigenvalue weighted by atomic mass is 10.0. The second kappa shape index (κ2) is 8.13. The normalized spacial score (nSPS) is 24.3. The molecule has 1 aromatic carbocycles. The Morgan fingerprint density at radius 1 is 1.11 bits per heavy atom. The Labute approximate surface area is 169 Å². The number of benzene rings is 1. The number of hydrogen-bond donors (Lipinski definition) is 1. The molecule has 0 bridgehead atoms. The summed E-state index contributed by atoms with van der Waals surface area (Å²) < 4.78 is 0.977. The molecule has 3 aliphatic rings. The summed E-state index contributed by atoms with van der Waals surface area (Å²) in [6.45, 7) is 0.595. The summed E-state index contributed by atoms with van der Waals surface area (Å²) >= 11 is 3.45. The summed E-state index contributed by atoms with van der Waals surface area (Å²) in [5.41, 5.74) is 4.23. The fraction of sp³-hybridized carbons (Fsp3) is 0.261. The molecule has 4 rings (SSSR count). The minimum absolute atomic E-state index is 0.0495. The predicted molar refractivity (Wildman–Crippen MR) is 113 cm³/mol. The van der Waals surface area contributed by atoms with Gasteiger partial charge in [0, 0.05) is 21.4 Å². The average Bonchev–Trinajstić information content (AvgIpc) is 2.75. The first-order chi connectivity index (χ1) is 13.2. The van der Waals surface area contributed by atoms with Gasteiger partial charge in [0.25, 0.3) is 5.91 Å². The minimum atomic E-state index is 0.0495. The zero-order valence-electron chi connectivity index (χ0n) is 15.2. The summed E-state index contributed by atoms with van der Waals surface area (Å²) in [7, 11) is 0. The third-order valence-corrected chi connectivity index (χ3v) is 5.72. The molecule has 27 heavy (non-hydrogen) atoms. The number of allylic oxidation sites excluding steroid dienone is 6. The van der Waals surface area contributed by atoms with Gasteiger partial charge in [-0.2, -0.15) is 0 Å². The molecule has 0 saturated heterocycles. The van der Waals surface area contributed by atoms with Gasteiger partial charge in [0.2, 0.25) is 0 Å². The van der Waals surface area contributed by atoms with Crippen molar-refractivity contribution in [3.8, 4) is 0 Å². The summed E-state index contributed by atoms with van der Waals surface area (Å²) in [6, 6.07) is 7.76. The van der Waals surface area contributed by atoms with Crippen molar-refractivity contribution in [2.75, 3.05) is 6.54 Å². The molecule has 1 amide bonds. The number of nitrogens with one attached hydrogen (secondary N) is 1. The van der Waals surface area contributed by atoms with Crippen LogP contribution in [0, 0.1) is 0 Å². The van der Waals surface area contributed by atoms with Gasteiger partial charge in [-0.15, -0.1) is 0 Å². The van der Waals surface area contributed by atoms with Crippen LogP contribution in [0.3, 0.4) is 0 Å². The first kappa shape index (κ1) is 18.1. The Kier molecular flexibility index (Phi) is 5.44. The number of fused-ring (bicyclic) bond motifs is 1. The number of nitrogens with zero attached hydrogens (tertiary/aromatic N) is 1. The molecule has 3 nitrogen and oxygen atoms in total. The molecule has 138 valence electrons. The van der Waals surface area contributed by atoms with Gasteiger partial charge in [-0.1, -0.05) is 52.4 Å². The van der Waals surface area contributed by atoms with Gasteiger partial charge in [0.1, 0.15) is 0 Å². The van der Waals surface area contributed by atoms with Crippen LogP contribution in [0.4, 0.5) is 0 Å². The summed E-state index contributed by atoms with van der Waals surface area (Å²) in [4.78, 5) is 15.3. The molecule has 1 aromatic rings. The van der Waals surface area contributed by atoms with Gasteiger partial charge in [-0.25, -0.2) is 0 Å². The molecule has 1 unspecified atom stereocenters. The van der Waals surface area contributed by atoms with Crippen LogP contribution in [0.1, 0.15) is 36.0 Å². The van der Waals surface area contributed by atoms with Gasteiger partial charge in [0.15, 0.2) is 0 Å². The highest BCUT2D eigenvalue weighted by Gasteiger charge is 2.30. The third-order valence-electron chi connectivity index (χ3n) is 5.19. The van der Waals surface area contributed by atoms with E-state index in [-0.39, 0.29) is 11.9 Å². The van der Waals surface area contributed by atoms with Crippen molar-refractivity contribution < 1.29 is 4.79 Å². The molecule has 2 aliphatic carbocycles. The number of amides is 1. The van der Waals surface area contributed by atoms with E-state index in [2.05, 4.69) is 63.8 Å².